The summed E-state index contributed by atoms with van der Waals surface area (Å²) >= 11 is 12.5. The fourth-order valence-electron chi connectivity index (χ4n) is 3.15. The molecular formula is C23H27Cl2N3O6. The van der Waals surface area contributed by atoms with E-state index in [0.717, 1.165) is 0 Å². The van der Waals surface area contributed by atoms with E-state index in [0.29, 0.717) is 89.9 Å². The standard InChI is InChI=1S/C23H27Cl2N3O6/c1-30-8-9-33-11-10-32-6-3-7-34-23-19(31-2)5-4-15-18(12-20(29)28-21(15)23)27-22-16(24)13-26-14-17(22)25/h4-5,12-14H,3,6-11H2,1-2H3,(H2,26,27,28,29). The summed E-state index contributed by atoms with van der Waals surface area (Å²) in [5.41, 5.74) is 1.12. The predicted octanol–water partition coefficient (Wildman–Crippen LogP) is 4.43. The Kier molecular flexibility index (Phi) is 10.2. The quantitative estimate of drug-likeness (QED) is 0.306. The second-order valence-electron chi connectivity index (χ2n) is 7.09. The van der Waals surface area contributed by atoms with Crippen molar-refractivity contribution in [3.63, 3.8) is 0 Å². The topological polar surface area (TPSA) is 104 Å². The Balaban J connectivity index is 1.71. The van der Waals surface area contributed by atoms with Crippen LogP contribution in [0, 0.1) is 0 Å². The Hall–Kier alpha value is -2.56. The first-order valence-corrected chi connectivity index (χ1v) is 11.4. The lowest BCUT2D eigenvalue weighted by Gasteiger charge is -2.16. The Labute approximate surface area is 207 Å². The minimum absolute atomic E-state index is 0.328. The van der Waals surface area contributed by atoms with E-state index >= 15 is 0 Å². The molecule has 0 aliphatic carbocycles. The van der Waals surface area contributed by atoms with Gasteiger partial charge in [0.05, 0.1) is 67.1 Å². The van der Waals surface area contributed by atoms with Crippen LogP contribution in [0.15, 0.2) is 35.4 Å². The molecule has 0 aliphatic heterocycles. The highest BCUT2D eigenvalue weighted by Gasteiger charge is 2.16. The van der Waals surface area contributed by atoms with Crippen LogP contribution < -0.4 is 20.3 Å². The number of ether oxygens (including phenoxy) is 5. The Morgan fingerprint density at radius 3 is 2.38 bits per heavy atom. The average molecular weight is 512 g/mol. The van der Waals surface area contributed by atoms with E-state index in [1.807, 2.05) is 6.07 Å². The molecule has 34 heavy (non-hydrogen) atoms. The molecule has 0 saturated heterocycles. The molecule has 1 aromatic carbocycles. The number of rotatable bonds is 14. The van der Waals surface area contributed by atoms with Crippen molar-refractivity contribution in [2.45, 2.75) is 6.42 Å². The molecule has 3 rings (SSSR count). The summed E-state index contributed by atoms with van der Waals surface area (Å²) in [6.07, 6.45) is 3.58. The number of hydrogen-bond acceptors (Lipinski definition) is 8. The van der Waals surface area contributed by atoms with Crippen molar-refractivity contribution in [3.8, 4) is 11.5 Å². The van der Waals surface area contributed by atoms with Gasteiger partial charge in [0.2, 0.25) is 0 Å². The van der Waals surface area contributed by atoms with Gasteiger partial charge < -0.3 is 34.0 Å². The van der Waals surface area contributed by atoms with E-state index in [2.05, 4.69) is 15.3 Å². The lowest BCUT2D eigenvalue weighted by atomic mass is 10.1. The first-order chi connectivity index (χ1) is 16.5. The smallest absolute Gasteiger partial charge is 0.250 e. The van der Waals surface area contributed by atoms with E-state index in [1.54, 1.807) is 13.2 Å². The van der Waals surface area contributed by atoms with Crippen molar-refractivity contribution in [1.82, 2.24) is 9.97 Å². The van der Waals surface area contributed by atoms with Crippen LogP contribution in [-0.2, 0) is 14.2 Å². The molecule has 0 amide bonds. The van der Waals surface area contributed by atoms with Crippen LogP contribution in [-0.4, -0.2) is 63.8 Å². The number of aromatic amines is 1. The molecule has 3 aromatic rings. The number of pyridine rings is 2. The molecule has 0 spiro atoms. The van der Waals surface area contributed by atoms with Gasteiger partial charge in [-0.1, -0.05) is 23.2 Å². The van der Waals surface area contributed by atoms with Gasteiger partial charge in [-0.15, -0.1) is 0 Å². The summed E-state index contributed by atoms with van der Waals surface area (Å²) in [6, 6.07) is 5.01. The van der Waals surface area contributed by atoms with Gasteiger partial charge in [0.15, 0.2) is 11.5 Å². The Morgan fingerprint density at radius 1 is 0.971 bits per heavy atom. The van der Waals surface area contributed by atoms with Gasteiger partial charge >= 0.3 is 0 Å². The van der Waals surface area contributed by atoms with Crippen LogP contribution in [0.1, 0.15) is 6.42 Å². The monoisotopic (exact) mass is 511 g/mol. The fraction of sp³-hybridized carbons (Fsp3) is 0.391. The Bertz CT molecular complexity index is 1120. The van der Waals surface area contributed by atoms with Crippen LogP contribution in [0.4, 0.5) is 11.4 Å². The second kappa shape index (κ2) is 13.4. The first kappa shape index (κ1) is 26.1. The summed E-state index contributed by atoms with van der Waals surface area (Å²) in [7, 11) is 3.17. The third-order valence-corrected chi connectivity index (χ3v) is 5.32. The van der Waals surface area contributed by atoms with Crippen molar-refractivity contribution >= 4 is 45.5 Å². The van der Waals surface area contributed by atoms with Crippen LogP contribution in [0.2, 0.25) is 10.0 Å². The molecule has 0 radical (unpaired) electrons. The van der Waals surface area contributed by atoms with E-state index in [1.165, 1.54) is 25.6 Å². The maximum atomic E-state index is 12.4. The number of hydrogen-bond donors (Lipinski definition) is 2. The molecule has 2 N–H and O–H groups in total. The van der Waals surface area contributed by atoms with E-state index in [4.69, 9.17) is 46.9 Å². The molecule has 0 unspecified atom stereocenters. The first-order valence-electron chi connectivity index (χ1n) is 10.6. The summed E-state index contributed by atoms with van der Waals surface area (Å²) in [6.45, 7) is 2.96. The molecule has 184 valence electrons. The Morgan fingerprint density at radius 2 is 1.68 bits per heavy atom. The second-order valence-corrected chi connectivity index (χ2v) is 7.90. The van der Waals surface area contributed by atoms with Gasteiger partial charge in [-0.2, -0.15) is 0 Å². The van der Waals surface area contributed by atoms with Gasteiger partial charge in [0, 0.05) is 44.0 Å². The number of H-pyrrole nitrogens is 1. The highest BCUT2D eigenvalue weighted by atomic mass is 35.5. The molecule has 0 bridgehead atoms. The molecule has 2 aromatic heterocycles. The molecule has 2 heterocycles. The summed E-state index contributed by atoms with van der Waals surface area (Å²) in [5.74, 6) is 0.920. The van der Waals surface area contributed by atoms with Crippen LogP contribution in [0.25, 0.3) is 10.9 Å². The van der Waals surface area contributed by atoms with Gasteiger partial charge in [-0.05, 0) is 12.1 Å². The normalized spacial score (nSPS) is 11.1. The van der Waals surface area contributed by atoms with Crippen LogP contribution in [0.3, 0.4) is 0 Å². The van der Waals surface area contributed by atoms with Crippen LogP contribution >= 0.6 is 23.2 Å². The minimum atomic E-state index is -0.328. The SMILES string of the molecule is COCCOCCOCCCOc1c(OC)ccc2c(Nc3c(Cl)cncc3Cl)cc(=O)[nH]c12. The van der Waals surface area contributed by atoms with E-state index in [9.17, 15) is 4.79 Å². The molecule has 0 saturated carbocycles. The number of aromatic nitrogens is 2. The fourth-order valence-corrected chi connectivity index (χ4v) is 3.61. The zero-order valence-corrected chi connectivity index (χ0v) is 20.5. The molecular weight excluding hydrogens is 485 g/mol. The summed E-state index contributed by atoms with van der Waals surface area (Å²) < 4.78 is 27.3. The van der Waals surface area contributed by atoms with E-state index < -0.39 is 0 Å². The number of nitrogens with one attached hydrogen (secondary N) is 2. The number of benzene rings is 1. The highest BCUT2D eigenvalue weighted by molar-refractivity contribution is 6.39. The maximum Gasteiger partial charge on any atom is 0.250 e. The van der Waals surface area contributed by atoms with Gasteiger partial charge in [0.25, 0.3) is 5.56 Å². The molecule has 11 heteroatoms. The van der Waals surface area contributed by atoms with Crippen LogP contribution in [0.5, 0.6) is 11.5 Å². The lowest BCUT2D eigenvalue weighted by Crippen LogP contribution is -2.11. The third kappa shape index (κ3) is 6.97. The van der Waals surface area contributed by atoms with Crippen molar-refractivity contribution in [2.75, 3.05) is 59.2 Å². The minimum Gasteiger partial charge on any atom is -0.493 e. The predicted molar refractivity (Wildman–Crippen MR) is 132 cm³/mol. The van der Waals surface area contributed by atoms with Gasteiger partial charge in [0.1, 0.15) is 0 Å². The lowest BCUT2D eigenvalue weighted by molar-refractivity contribution is 0.0224. The number of nitrogens with zero attached hydrogens (tertiary/aromatic N) is 1. The van der Waals surface area contributed by atoms with Crippen molar-refractivity contribution in [3.05, 3.63) is 51.0 Å². The molecule has 0 fully saturated rings. The van der Waals surface area contributed by atoms with Crippen molar-refractivity contribution in [1.29, 1.82) is 0 Å². The third-order valence-electron chi connectivity index (χ3n) is 4.75. The zero-order valence-electron chi connectivity index (χ0n) is 19.0. The zero-order chi connectivity index (χ0) is 24.3. The summed E-state index contributed by atoms with van der Waals surface area (Å²) in [5, 5.41) is 4.49. The van der Waals surface area contributed by atoms with Gasteiger partial charge in [-0.25, -0.2) is 0 Å². The molecule has 0 atom stereocenters. The number of methoxy groups -OCH3 is 2. The van der Waals surface area contributed by atoms with Gasteiger partial charge in [-0.3, -0.25) is 9.78 Å². The van der Waals surface area contributed by atoms with E-state index in [-0.39, 0.29) is 5.56 Å². The van der Waals surface area contributed by atoms with Crippen molar-refractivity contribution in [2.24, 2.45) is 0 Å². The highest BCUT2D eigenvalue weighted by Crippen LogP contribution is 2.39. The molecule has 0 aliphatic rings. The summed E-state index contributed by atoms with van der Waals surface area (Å²) in [4.78, 5) is 19.2. The largest absolute Gasteiger partial charge is 0.493 e. The van der Waals surface area contributed by atoms with Crippen molar-refractivity contribution < 1.29 is 23.7 Å². The number of anilines is 2. The number of fused-ring (bicyclic) bond motifs is 1. The average Bonchev–Trinajstić information content (AvgIpc) is 2.82. The molecule has 9 nitrogen and oxygen atoms in total. The number of halogens is 2. The maximum absolute atomic E-state index is 12.4.